The van der Waals surface area contributed by atoms with E-state index in [2.05, 4.69) is 15.0 Å². The van der Waals surface area contributed by atoms with Gasteiger partial charge in [0.2, 0.25) is 5.88 Å². The van der Waals surface area contributed by atoms with Gasteiger partial charge in [0.15, 0.2) is 10.4 Å². The third-order valence-corrected chi connectivity index (χ3v) is 3.13. The van der Waals surface area contributed by atoms with Crippen molar-refractivity contribution in [2.75, 3.05) is 7.11 Å². The molecule has 0 fully saturated rings. The van der Waals surface area contributed by atoms with E-state index in [0.29, 0.717) is 34.8 Å². The average molecular weight is 306 g/mol. The van der Waals surface area contributed by atoms with Crippen molar-refractivity contribution in [3.05, 3.63) is 11.1 Å². The molecule has 0 spiro atoms. The molecule has 0 amide bonds. The first-order valence-electron chi connectivity index (χ1n) is 5.96. The van der Waals surface area contributed by atoms with Crippen molar-refractivity contribution in [3.63, 3.8) is 0 Å². The van der Waals surface area contributed by atoms with E-state index in [1.165, 1.54) is 13.4 Å². The van der Waals surface area contributed by atoms with Crippen LogP contribution in [0.2, 0.25) is 0 Å². The maximum atomic E-state index is 12.1. The Morgan fingerprint density at radius 3 is 2.75 bits per heavy atom. The van der Waals surface area contributed by atoms with Gasteiger partial charge in [0, 0.05) is 13.0 Å². The standard InChI is InChI=1S/C11H13F3N4OS/c1-19-9-7-8(15-6-16-9)18(10(20)17-7)5-3-2-4-11(12,13)14/h6H,2-5H2,1H3,(H,17,20). The molecule has 0 unspecified atom stereocenters. The molecule has 0 bridgehead atoms. The molecule has 0 radical (unpaired) electrons. The smallest absolute Gasteiger partial charge is 0.389 e. The maximum absolute atomic E-state index is 12.1. The number of H-pyrrole nitrogens is 1. The molecule has 0 aromatic carbocycles. The van der Waals surface area contributed by atoms with Gasteiger partial charge in [0.05, 0.1) is 7.11 Å². The van der Waals surface area contributed by atoms with Crippen molar-refractivity contribution >= 4 is 23.4 Å². The summed E-state index contributed by atoms with van der Waals surface area (Å²) in [6.45, 7) is 0.370. The first kappa shape index (κ1) is 14.8. The molecule has 0 atom stereocenters. The molecule has 1 N–H and O–H groups in total. The largest absolute Gasteiger partial charge is 0.479 e. The Balaban J connectivity index is 2.14. The molecule has 20 heavy (non-hydrogen) atoms. The number of aromatic nitrogens is 4. The van der Waals surface area contributed by atoms with Gasteiger partial charge in [0.25, 0.3) is 0 Å². The summed E-state index contributed by atoms with van der Waals surface area (Å²) in [6, 6.07) is 0. The van der Waals surface area contributed by atoms with E-state index in [9.17, 15) is 13.2 Å². The number of rotatable bonds is 5. The lowest BCUT2D eigenvalue weighted by Gasteiger charge is -2.07. The van der Waals surface area contributed by atoms with Gasteiger partial charge < -0.3 is 14.3 Å². The summed E-state index contributed by atoms with van der Waals surface area (Å²) in [5.74, 6) is 0.357. The maximum Gasteiger partial charge on any atom is 0.389 e. The Hall–Kier alpha value is -1.64. The van der Waals surface area contributed by atoms with Crippen LogP contribution in [0.25, 0.3) is 11.2 Å². The molecule has 0 saturated carbocycles. The Morgan fingerprint density at radius 1 is 1.35 bits per heavy atom. The number of nitrogens with one attached hydrogen (secondary N) is 1. The number of methoxy groups -OCH3 is 1. The molecule has 2 heterocycles. The number of alkyl halides is 3. The minimum atomic E-state index is -4.12. The predicted molar refractivity (Wildman–Crippen MR) is 69.2 cm³/mol. The zero-order valence-corrected chi connectivity index (χ0v) is 11.5. The van der Waals surface area contributed by atoms with Gasteiger partial charge in [-0.3, -0.25) is 0 Å². The predicted octanol–water partition coefficient (Wildman–Crippen LogP) is 3.23. The van der Waals surface area contributed by atoms with E-state index in [0.717, 1.165) is 0 Å². The number of fused-ring (bicyclic) bond motifs is 1. The van der Waals surface area contributed by atoms with Crippen molar-refractivity contribution in [3.8, 4) is 5.88 Å². The summed E-state index contributed by atoms with van der Waals surface area (Å²) in [6.07, 6.45) is -3.16. The minimum absolute atomic E-state index is 0.0557. The van der Waals surface area contributed by atoms with Gasteiger partial charge in [-0.15, -0.1) is 0 Å². The molecule has 0 saturated heterocycles. The number of hydrogen-bond acceptors (Lipinski definition) is 4. The number of imidazole rings is 1. The highest BCUT2D eigenvalue weighted by Crippen LogP contribution is 2.24. The van der Waals surface area contributed by atoms with Gasteiger partial charge in [-0.05, 0) is 25.1 Å². The van der Waals surface area contributed by atoms with Crippen LogP contribution in [0, 0.1) is 4.77 Å². The van der Waals surface area contributed by atoms with E-state index < -0.39 is 12.6 Å². The monoisotopic (exact) mass is 306 g/mol. The molecular weight excluding hydrogens is 293 g/mol. The van der Waals surface area contributed by atoms with Crippen LogP contribution in [0.5, 0.6) is 5.88 Å². The fraction of sp³-hybridized carbons (Fsp3) is 0.545. The summed E-state index contributed by atoms with van der Waals surface area (Å²) in [7, 11) is 1.47. The van der Waals surface area contributed by atoms with Gasteiger partial charge in [-0.25, -0.2) is 4.98 Å². The Labute approximate surface area is 117 Å². The zero-order valence-electron chi connectivity index (χ0n) is 10.7. The van der Waals surface area contributed by atoms with Crippen LogP contribution in [0.15, 0.2) is 6.33 Å². The van der Waals surface area contributed by atoms with Gasteiger partial charge in [0.1, 0.15) is 11.8 Å². The molecule has 2 rings (SSSR count). The van der Waals surface area contributed by atoms with E-state index in [-0.39, 0.29) is 6.42 Å². The van der Waals surface area contributed by atoms with Crippen molar-refractivity contribution in [1.82, 2.24) is 19.5 Å². The summed E-state index contributed by atoms with van der Waals surface area (Å²) in [4.78, 5) is 10.9. The van der Waals surface area contributed by atoms with Crippen molar-refractivity contribution in [2.45, 2.75) is 32.0 Å². The topological polar surface area (TPSA) is 55.7 Å². The number of aryl methyl sites for hydroxylation is 1. The van der Waals surface area contributed by atoms with Gasteiger partial charge >= 0.3 is 6.18 Å². The molecule has 0 aliphatic heterocycles. The SMILES string of the molecule is COc1ncnc2c1[nH]c(=S)n2CCCCC(F)(F)F. The van der Waals surface area contributed by atoms with Crippen LogP contribution in [0.3, 0.4) is 0 Å². The zero-order chi connectivity index (χ0) is 14.8. The fourth-order valence-electron chi connectivity index (χ4n) is 1.90. The van der Waals surface area contributed by atoms with E-state index in [4.69, 9.17) is 17.0 Å². The molecule has 9 heteroatoms. The Bertz CT molecular complexity index is 649. The van der Waals surface area contributed by atoms with Crippen LogP contribution < -0.4 is 4.74 Å². The summed E-state index contributed by atoms with van der Waals surface area (Å²) in [5, 5.41) is 0. The number of aromatic amines is 1. The highest BCUT2D eigenvalue weighted by atomic mass is 32.1. The molecule has 2 aromatic heterocycles. The number of nitrogens with zero attached hydrogens (tertiary/aromatic N) is 3. The van der Waals surface area contributed by atoms with Crippen molar-refractivity contribution < 1.29 is 17.9 Å². The number of hydrogen-bond donors (Lipinski definition) is 1. The summed E-state index contributed by atoms with van der Waals surface area (Å²) < 4.78 is 43.4. The number of halogens is 3. The third kappa shape index (κ3) is 3.27. The van der Waals surface area contributed by atoms with Crippen LogP contribution >= 0.6 is 12.2 Å². The Morgan fingerprint density at radius 2 is 2.10 bits per heavy atom. The quantitative estimate of drug-likeness (QED) is 0.680. The highest BCUT2D eigenvalue weighted by Gasteiger charge is 2.25. The van der Waals surface area contributed by atoms with E-state index in [1.807, 2.05) is 0 Å². The molecular formula is C11H13F3N4OS. The van der Waals surface area contributed by atoms with Crippen molar-refractivity contribution in [1.29, 1.82) is 0 Å². The van der Waals surface area contributed by atoms with Gasteiger partial charge in [-0.1, -0.05) is 0 Å². The second kappa shape index (κ2) is 5.78. The molecule has 5 nitrogen and oxygen atoms in total. The van der Waals surface area contributed by atoms with E-state index in [1.54, 1.807) is 4.57 Å². The van der Waals surface area contributed by atoms with Crippen LogP contribution in [0.1, 0.15) is 19.3 Å². The second-order valence-electron chi connectivity index (χ2n) is 4.24. The lowest BCUT2D eigenvalue weighted by molar-refractivity contribution is -0.135. The fourth-order valence-corrected chi connectivity index (χ4v) is 2.18. The summed E-state index contributed by atoms with van der Waals surface area (Å²) >= 11 is 5.15. The molecule has 2 aromatic rings. The normalized spacial score (nSPS) is 12.0. The number of ether oxygens (including phenoxy) is 1. The second-order valence-corrected chi connectivity index (χ2v) is 4.62. The highest BCUT2D eigenvalue weighted by molar-refractivity contribution is 7.71. The van der Waals surface area contributed by atoms with Gasteiger partial charge in [-0.2, -0.15) is 18.2 Å². The van der Waals surface area contributed by atoms with E-state index >= 15 is 0 Å². The third-order valence-electron chi connectivity index (χ3n) is 2.81. The Kier molecular flexibility index (Phi) is 4.26. The lowest BCUT2D eigenvalue weighted by Crippen LogP contribution is -2.07. The van der Waals surface area contributed by atoms with Crippen LogP contribution in [-0.2, 0) is 6.54 Å². The minimum Gasteiger partial charge on any atom is -0.479 e. The summed E-state index contributed by atoms with van der Waals surface area (Å²) in [5.41, 5.74) is 1.09. The average Bonchev–Trinajstić information content (AvgIpc) is 2.69. The number of unbranched alkanes of at least 4 members (excludes halogenated alkanes) is 1. The molecule has 0 aliphatic carbocycles. The first-order chi connectivity index (χ1) is 9.42. The molecule has 110 valence electrons. The van der Waals surface area contributed by atoms with Crippen LogP contribution in [-0.4, -0.2) is 32.8 Å². The van der Waals surface area contributed by atoms with Crippen molar-refractivity contribution in [2.24, 2.45) is 0 Å². The molecule has 0 aliphatic rings. The van der Waals surface area contributed by atoms with Crippen LogP contribution in [0.4, 0.5) is 13.2 Å². The first-order valence-corrected chi connectivity index (χ1v) is 6.37. The lowest BCUT2D eigenvalue weighted by atomic mass is 10.2.